The third-order valence-corrected chi connectivity index (χ3v) is 7.72. The predicted octanol–water partition coefficient (Wildman–Crippen LogP) is 5.45. The smallest absolute Gasteiger partial charge is 0.417 e. The first-order valence-electron chi connectivity index (χ1n) is 10.0. The van der Waals surface area contributed by atoms with E-state index in [1.807, 2.05) is 0 Å². The van der Waals surface area contributed by atoms with E-state index >= 15 is 0 Å². The van der Waals surface area contributed by atoms with Gasteiger partial charge >= 0.3 is 6.18 Å². The molecule has 1 aliphatic heterocycles. The van der Waals surface area contributed by atoms with Gasteiger partial charge in [0.25, 0.3) is 0 Å². The fraction of sp³-hybridized carbons (Fsp3) is 0.381. The average molecular weight is 525 g/mol. The summed E-state index contributed by atoms with van der Waals surface area (Å²) in [6.45, 7) is 2.33. The number of rotatable bonds is 6. The first-order chi connectivity index (χ1) is 15.4. The molecule has 33 heavy (non-hydrogen) atoms. The van der Waals surface area contributed by atoms with Gasteiger partial charge in [-0.15, -0.1) is 0 Å². The largest absolute Gasteiger partial charge is 0.492 e. The van der Waals surface area contributed by atoms with Crippen LogP contribution in [-0.4, -0.2) is 38.3 Å². The zero-order valence-electron chi connectivity index (χ0n) is 17.5. The molecule has 6 nitrogen and oxygen atoms in total. The van der Waals surface area contributed by atoms with E-state index in [1.54, 1.807) is 6.92 Å². The third-order valence-electron chi connectivity index (χ3n) is 5.20. The second-order valence-electron chi connectivity index (χ2n) is 7.39. The lowest BCUT2D eigenvalue weighted by molar-refractivity contribution is -0.137. The standard InChI is InChI=1S/C21H21Cl2F3N2O4S/c1-2-32-19-6-4-15(12-18(19)23)33(30,31)28-9-7-13(8-10-28)20(29)27-14-3-5-17(22)16(11-14)21(24,25)26/h3-6,11-13H,2,7-10H2,1H3,(H,27,29). The van der Waals surface area contributed by atoms with Gasteiger partial charge < -0.3 is 10.1 Å². The van der Waals surface area contributed by atoms with Gasteiger partial charge in [0.05, 0.1) is 27.1 Å². The Bertz CT molecular complexity index is 1130. The number of carbonyl (C=O) groups is 1. The van der Waals surface area contributed by atoms with Crippen molar-refractivity contribution in [3.8, 4) is 5.75 Å². The molecule has 0 aromatic heterocycles. The molecule has 1 amide bonds. The molecule has 0 unspecified atom stereocenters. The van der Waals surface area contributed by atoms with Gasteiger partial charge in [0.15, 0.2) is 0 Å². The lowest BCUT2D eigenvalue weighted by Gasteiger charge is -2.30. The minimum Gasteiger partial charge on any atom is -0.492 e. The Kier molecular flexibility index (Phi) is 7.83. The summed E-state index contributed by atoms with van der Waals surface area (Å²) in [5.41, 5.74) is -1.08. The van der Waals surface area contributed by atoms with Gasteiger partial charge in [-0.25, -0.2) is 8.42 Å². The van der Waals surface area contributed by atoms with Crippen LogP contribution in [-0.2, 0) is 21.0 Å². The maximum atomic E-state index is 13.0. The molecule has 180 valence electrons. The van der Waals surface area contributed by atoms with Crippen LogP contribution >= 0.6 is 23.2 Å². The molecular weight excluding hydrogens is 504 g/mol. The average Bonchev–Trinajstić information content (AvgIpc) is 2.76. The van der Waals surface area contributed by atoms with Crippen molar-refractivity contribution >= 4 is 44.8 Å². The molecule has 12 heteroatoms. The van der Waals surface area contributed by atoms with Crippen molar-refractivity contribution in [1.29, 1.82) is 0 Å². The van der Waals surface area contributed by atoms with Crippen LogP contribution in [0.4, 0.5) is 18.9 Å². The first-order valence-corrected chi connectivity index (χ1v) is 12.2. The molecule has 1 heterocycles. The van der Waals surface area contributed by atoms with E-state index in [0.717, 1.165) is 12.1 Å². The fourth-order valence-corrected chi connectivity index (χ4v) is 5.51. The first kappa shape index (κ1) is 25.6. The van der Waals surface area contributed by atoms with E-state index < -0.39 is 38.6 Å². The van der Waals surface area contributed by atoms with E-state index in [9.17, 15) is 26.4 Å². The molecule has 1 saturated heterocycles. The predicted molar refractivity (Wildman–Crippen MR) is 119 cm³/mol. The number of carbonyl (C=O) groups excluding carboxylic acids is 1. The molecule has 0 spiro atoms. The van der Waals surface area contributed by atoms with E-state index in [2.05, 4.69) is 5.32 Å². The van der Waals surface area contributed by atoms with E-state index in [-0.39, 0.29) is 41.5 Å². The topological polar surface area (TPSA) is 75.7 Å². The van der Waals surface area contributed by atoms with Gasteiger partial charge in [0.1, 0.15) is 5.75 Å². The van der Waals surface area contributed by atoms with E-state index in [1.165, 1.54) is 28.6 Å². The Labute approximate surface area is 199 Å². The minimum absolute atomic E-state index is 0.0136. The van der Waals surface area contributed by atoms with Crippen molar-refractivity contribution in [3.05, 3.63) is 52.0 Å². The van der Waals surface area contributed by atoms with Crippen molar-refractivity contribution in [3.63, 3.8) is 0 Å². The lowest BCUT2D eigenvalue weighted by atomic mass is 9.97. The normalized spacial score (nSPS) is 15.9. The van der Waals surface area contributed by atoms with Gasteiger partial charge in [-0.05, 0) is 56.2 Å². The number of hydrogen-bond donors (Lipinski definition) is 1. The Balaban J connectivity index is 1.65. The highest BCUT2D eigenvalue weighted by molar-refractivity contribution is 7.89. The zero-order chi connectivity index (χ0) is 24.4. The van der Waals surface area contributed by atoms with Crippen LogP contribution in [0.1, 0.15) is 25.3 Å². The molecule has 0 atom stereocenters. The Morgan fingerprint density at radius 1 is 1.12 bits per heavy atom. The Hall–Kier alpha value is -2.01. The summed E-state index contributed by atoms with van der Waals surface area (Å²) in [7, 11) is -3.83. The zero-order valence-corrected chi connectivity index (χ0v) is 19.8. The van der Waals surface area contributed by atoms with Crippen molar-refractivity contribution in [2.75, 3.05) is 25.0 Å². The monoisotopic (exact) mass is 524 g/mol. The van der Waals surface area contributed by atoms with Gasteiger partial charge in [-0.1, -0.05) is 23.2 Å². The lowest BCUT2D eigenvalue weighted by Crippen LogP contribution is -2.41. The summed E-state index contributed by atoms with van der Waals surface area (Å²) in [5, 5.41) is 2.18. The van der Waals surface area contributed by atoms with Crippen molar-refractivity contribution < 1.29 is 31.1 Å². The number of anilines is 1. The Morgan fingerprint density at radius 3 is 2.36 bits per heavy atom. The van der Waals surface area contributed by atoms with Crippen LogP contribution in [0, 0.1) is 5.92 Å². The molecule has 3 rings (SSSR count). The van der Waals surface area contributed by atoms with Gasteiger partial charge in [-0.2, -0.15) is 17.5 Å². The highest BCUT2D eigenvalue weighted by Gasteiger charge is 2.35. The van der Waals surface area contributed by atoms with Crippen LogP contribution in [0.15, 0.2) is 41.3 Å². The molecule has 0 aliphatic carbocycles. The third kappa shape index (κ3) is 5.92. The van der Waals surface area contributed by atoms with Gasteiger partial charge in [0.2, 0.25) is 15.9 Å². The summed E-state index contributed by atoms with van der Waals surface area (Å²) in [5.74, 6) is -0.652. The number of nitrogens with one attached hydrogen (secondary N) is 1. The number of ether oxygens (including phenoxy) is 1. The van der Waals surface area contributed by atoms with Crippen molar-refractivity contribution in [2.45, 2.75) is 30.8 Å². The molecule has 2 aromatic rings. The van der Waals surface area contributed by atoms with Crippen LogP contribution < -0.4 is 10.1 Å². The Morgan fingerprint density at radius 2 is 1.79 bits per heavy atom. The molecule has 0 bridgehead atoms. The summed E-state index contributed by atoms with van der Waals surface area (Å²) in [6, 6.07) is 7.33. The molecule has 0 saturated carbocycles. The molecule has 1 fully saturated rings. The summed E-state index contributed by atoms with van der Waals surface area (Å²) in [4.78, 5) is 12.6. The molecule has 2 aromatic carbocycles. The number of alkyl halides is 3. The number of amides is 1. The van der Waals surface area contributed by atoms with Crippen LogP contribution in [0.2, 0.25) is 10.0 Å². The number of piperidine rings is 1. The van der Waals surface area contributed by atoms with E-state index in [0.29, 0.717) is 12.4 Å². The summed E-state index contributed by atoms with van der Waals surface area (Å²) >= 11 is 11.7. The van der Waals surface area contributed by atoms with Crippen LogP contribution in [0.5, 0.6) is 5.75 Å². The van der Waals surface area contributed by atoms with Crippen LogP contribution in [0.25, 0.3) is 0 Å². The van der Waals surface area contributed by atoms with Crippen LogP contribution in [0.3, 0.4) is 0 Å². The summed E-state index contributed by atoms with van der Waals surface area (Å²) < 4.78 is 71.5. The quantitative estimate of drug-likeness (QED) is 0.545. The maximum Gasteiger partial charge on any atom is 0.417 e. The second-order valence-corrected chi connectivity index (χ2v) is 10.1. The molecule has 1 N–H and O–H groups in total. The SMILES string of the molecule is CCOc1ccc(S(=O)(=O)N2CCC(C(=O)Nc3ccc(Cl)c(C(F)(F)F)c3)CC2)cc1Cl. The van der Waals surface area contributed by atoms with E-state index in [4.69, 9.17) is 27.9 Å². The number of sulfonamides is 1. The molecule has 0 radical (unpaired) electrons. The number of benzene rings is 2. The number of hydrogen-bond acceptors (Lipinski definition) is 4. The van der Waals surface area contributed by atoms with Gasteiger partial charge in [-0.3, -0.25) is 4.79 Å². The van der Waals surface area contributed by atoms with Crippen molar-refractivity contribution in [1.82, 2.24) is 4.31 Å². The highest BCUT2D eigenvalue weighted by Crippen LogP contribution is 2.36. The summed E-state index contributed by atoms with van der Waals surface area (Å²) in [6.07, 6.45) is -4.22. The highest BCUT2D eigenvalue weighted by atomic mass is 35.5. The second kappa shape index (κ2) is 10.1. The molecule has 1 aliphatic rings. The molecular formula is C21H21Cl2F3N2O4S. The minimum atomic E-state index is -4.65. The number of nitrogens with zero attached hydrogens (tertiary/aromatic N) is 1. The van der Waals surface area contributed by atoms with Gasteiger partial charge in [0, 0.05) is 24.7 Å². The maximum absolute atomic E-state index is 13.0. The fourth-order valence-electron chi connectivity index (χ4n) is 3.49. The number of halogens is 5. The van der Waals surface area contributed by atoms with Crippen molar-refractivity contribution in [2.24, 2.45) is 5.92 Å².